The second kappa shape index (κ2) is 4.66. The molecule has 86 valence electrons. The summed E-state index contributed by atoms with van der Waals surface area (Å²) in [6.07, 6.45) is 2.41. The first kappa shape index (κ1) is 11.1. The molecule has 3 nitrogen and oxygen atoms in total. The summed E-state index contributed by atoms with van der Waals surface area (Å²) in [6.45, 7) is 3.23. The number of carbonyl (C=O) groups is 1. The highest BCUT2D eigenvalue weighted by atomic mass is 16.4. The van der Waals surface area contributed by atoms with Crippen LogP contribution in [0, 0.1) is 5.92 Å². The molecule has 16 heavy (non-hydrogen) atoms. The number of aromatic carboxylic acids is 1. The van der Waals surface area contributed by atoms with Gasteiger partial charge < -0.3 is 10.4 Å². The lowest BCUT2D eigenvalue weighted by Crippen LogP contribution is -2.32. The third-order valence-electron chi connectivity index (χ3n) is 3.26. The van der Waals surface area contributed by atoms with Gasteiger partial charge in [0, 0.05) is 6.04 Å². The van der Waals surface area contributed by atoms with Crippen molar-refractivity contribution in [3.63, 3.8) is 0 Å². The third-order valence-corrected chi connectivity index (χ3v) is 3.26. The van der Waals surface area contributed by atoms with Crippen molar-refractivity contribution in [3.8, 4) is 0 Å². The molecular weight excluding hydrogens is 202 g/mol. The van der Waals surface area contributed by atoms with Crippen LogP contribution < -0.4 is 5.32 Å². The topological polar surface area (TPSA) is 49.3 Å². The lowest BCUT2D eigenvalue weighted by atomic mass is 9.87. The van der Waals surface area contributed by atoms with E-state index in [1.165, 1.54) is 12.8 Å². The summed E-state index contributed by atoms with van der Waals surface area (Å²) < 4.78 is 0. The summed E-state index contributed by atoms with van der Waals surface area (Å²) in [5, 5.41) is 12.4. The summed E-state index contributed by atoms with van der Waals surface area (Å²) in [5.74, 6) is -0.289. The Morgan fingerprint density at radius 2 is 2.31 bits per heavy atom. The van der Waals surface area contributed by atoms with Gasteiger partial charge in [-0.05, 0) is 43.0 Å². The van der Waals surface area contributed by atoms with Crippen LogP contribution in [-0.2, 0) is 0 Å². The van der Waals surface area contributed by atoms with Gasteiger partial charge in [0.15, 0.2) is 0 Å². The maximum Gasteiger partial charge on any atom is 0.335 e. The lowest BCUT2D eigenvalue weighted by Gasteiger charge is -2.30. The van der Waals surface area contributed by atoms with Crippen LogP contribution in [0.5, 0.6) is 0 Å². The molecule has 1 fully saturated rings. The first-order chi connectivity index (χ1) is 7.68. The Hall–Kier alpha value is -1.35. The summed E-state index contributed by atoms with van der Waals surface area (Å²) >= 11 is 0. The Balaban J connectivity index is 2.25. The van der Waals surface area contributed by atoms with Gasteiger partial charge in [-0.3, -0.25) is 0 Å². The molecule has 1 aliphatic rings. The molecule has 0 saturated carbocycles. The lowest BCUT2D eigenvalue weighted by molar-refractivity contribution is 0.0696. The van der Waals surface area contributed by atoms with E-state index in [0.29, 0.717) is 17.5 Å². The molecule has 0 aliphatic carbocycles. The normalized spacial score (nSPS) is 25.3. The van der Waals surface area contributed by atoms with E-state index in [0.717, 1.165) is 12.1 Å². The zero-order valence-electron chi connectivity index (χ0n) is 9.44. The molecule has 1 heterocycles. The molecule has 0 spiro atoms. The van der Waals surface area contributed by atoms with Crippen LogP contribution in [0.4, 0.5) is 0 Å². The summed E-state index contributed by atoms with van der Waals surface area (Å²) in [5.41, 5.74) is 1.46. The molecule has 2 N–H and O–H groups in total. The average Bonchev–Trinajstić information content (AvgIpc) is 2.30. The summed E-state index contributed by atoms with van der Waals surface area (Å²) in [6, 6.07) is 7.54. The maximum absolute atomic E-state index is 10.9. The van der Waals surface area contributed by atoms with E-state index in [1.807, 2.05) is 12.1 Å². The van der Waals surface area contributed by atoms with E-state index >= 15 is 0 Å². The van der Waals surface area contributed by atoms with Gasteiger partial charge in [-0.25, -0.2) is 4.79 Å². The van der Waals surface area contributed by atoms with E-state index < -0.39 is 5.97 Å². The van der Waals surface area contributed by atoms with Crippen molar-refractivity contribution in [2.24, 2.45) is 5.92 Å². The van der Waals surface area contributed by atoms with Crippen molar-refractivity contribution >= 4 is 5.97 Å². The molecule has 1 aromatic rings. The summed E-state index contributed by atoms with van der Waals surface area (Å²) in [7, 11) is 0. The van der Waals surface area contributed by atoms with Gasteiger partial charge in [0.2, 0.25) is 0 Å². The largest absolute Gasteiger partial charge is 0.478 e. The Morgan fingerprint density at radius 1 is 1.50 bits per heavy atom. The molecule has 0 bridgehead atoms. The number of carboxylic acids is 1. The van der Waals surface area contributed by atoms with Crippen molar-refractivity contribution in [1.82, 2.24) is 5.32 Å². The highest BCUT2D eigenvalue weighted by molar-refractivity contribution is 5.87. The minimum absolute atomic E-state index is 0.299. The predicted molar refractivity (Wildman–Crippen MR) is 62.5 cm³/mol. The quantitative estimate of drug-likeness (QED) is 0.803. The first-order valence-corrected chi connectivity index (χ1v) is 5.75. The molecule has 0 radical (unpaired) electrons. The fourth-order valence-corrected chi connectivity index (χ4v) is 2.36. The zero-order chi connectivity index (χ0) is 11.5. The maximum atomic E-state index is 10.9. The zero-order valence-corrected chi connectivity index (χ0v) is 9.44. The highest BCUT2D eigenvalue weighted by Gasteiger charge is 2.22. The van der Waals surface area contributed by atoms with Crippen molar-refractivity contribution in [1.29, 1.82) is 0 Å². The molecule has 3 heteroatoms. The van der Waals surface area contributed by atoms with Crippen molar-refractivity contribution in [3.05, 3.63) is 35.4 Å². The highest BCUT2D eigenvalue weighted by Crippen LogP contribution is 2.29. The van der Waals surface area contributed by atoms with Gasteiger partial charge in [-0.1, -0.05) is 19.1 Å². The van der Waals surface area contributed by atoms with Crippen LogP contribution in [0.15, 0.2) is 24.3 Å². The third kappa shape index (κ3) is 2.25. The minimum Gasteiger partial charge on any atom is -0.478 e. The summed E-state index contributed by atoms with van der Waals surface area (Å²) in [4.78, 5) is 10.9. The SMILES string of the molecule is CC1CCCNC1c1cccc(C(=O)O)c1. The van der Waals surface area contributed by atoms with Crippen LogP contribution in [0.3, 0.4) is 0 Å². The van der Waals surface area contributed by atoms with Gasteiger partial charge in [0.25, 0.3) is 0 Å². The smallest absolute Gasteiger partial charge is 0.335 e. The van der Waals surface area contributed by atoms with Gasteiger partial charge in [-0.2, -0.15) is 0 Å². The molecular formula is C13H17NO2. The number of hydrogen-bond donors (Lipinski definition) is 2. The van der Waals surface area contributed by atoms with Crippen LogP contribution in [0.1, 0.15) is 41.7 Å². The Kier molecular flexibility index (Phi) is 3.25. The molecule has 0 aromatic heterocycles. The number of rotatable bonds is 2. The van der Waals surface area contributed by atoms with Gasteiger partial charge >= 0.3 is 5.97 Å². The minimum atomic E-state index is -0.856. The van der Waals surface area contributed by atoms with Gasteiger partial charge in [0.1, 0.15) is 0 Å². The number of piperidine rings is 1. The van der Waals surface area contributed by atoms with E-state index in [4.69, 9.17) is 5.11 Å². The second-order valence-corrected chi connectivity index (χ2v) is 4.48. The molecule has 1 aliphatic heterocycles. The van der Waals surface area contributed by atoms with Crippen LogP contribution >= 0.6 is 0 Å². The Morgan fingerprint density at radius 3 is 3.00 bits per heavy atom. The van der Waals surface area contributed by atoms with Crippen molar-refractivity contribution in [2.45, 2.75) is 25.8 Å². The number of benzene rings is 1. The molecule has 0 amide bonds. The van der Waals surface area contributed by atoms with E-state index in [1.54, 1.807) is 12.1 Å². The monoisotopic (exact) mass is 219 g/mol. The molecule has 1 aromatic carbocycles. The Labute approximate surface area is 95.5 Å². The van der Waals surface area contributed by atoms with Gasteiger partial charge in [-0.15, -0.1) is 0 Å². The van der Waals surface area contributed by atoms with E-state index in [2.05, 4.69) is 12.2 Å². The Bertz CT molecular complexity index is 389. The van der Waals surface area contributed by atoms with Crippen molar-refractivity contribution < 1.29 is 9.90 Å². The fourth-order valence-electron chi connectivity index (χ4n) is 2.36. The van der Waals surface area contributed by atoms with Crippen LogP contribution in [0.25, 0.3) is 0 Å². The van der Waals surface area contributed by atoms with Crippen LogP contribution in [-0.4, -0.2) is 17.6 Å². The first-order valence-electron chi connectivity index (χ1n) is 5.75. The predicted octanol–water partition coefficient (Wildman–Crippen LogP) is 2.45. The van der Waals surface area contributed by atoms with Crippen molar-refractivity contribution in [2.75, 3.05) is 6.54 Å². The number of carboxylic acid groups (broad SMARTS) is 1. The van der Waals surface area contributed by atoms with E-state index in [-0.39, 0.29) is 0 Å². The van der Waals surface area contributed by atoms with Crippen LogP contribution in [0.2, 0.25) is 0 Å². The molecule has 2 rings (SSSR count). The molecule has 2 unspecified atom stereocenters. The number of hydrogen-bond acceptors (Lipinski definition) is 2. The molecule has 2 atom stereocenters. The average molecular weight is 219 g/mol. The standard InChI is InChI=1S/C13H17NO2/c1-9-4-3-7-14-12(9)10-5-2-6-11(8-10)13(15)16/h2,5-6,8-9,12,14H,3-4,7H2,1H3,(H,15,16). The fraction of sp³-hybridized carbons (Fsp3) is 0.462. The second-order valence-electron chi connectivity index (χ2n) is 4.48. The van der Waals surface area contributed by atoms with Gasteiger partial charge in [0.05, 0.1) is 5.56 Å². The number of nitrogens with one attached hydrogen (secondary N) is 1. The van der Waals surface area contributed by atoms with E-state index in [9.17, 15) is 4.79 Å². The molecule has 1 saturated heterocycles.